The number of imidazole rings is 1. The summed E-state index contributed by atoms with van der Waals surface area (Å²) in [7, 11) is 0. The largest absolute Gasteiger partial charge is 0.337 e. The molecule has 1 fully saturated rings. The van der Waals surface area contributed by atoms with Gasteiger partial charge in [-0.3, -0.25) is 0 Å². The van der Waals surface area contributed by atoms with Crippen LogP contribution < -0.4 is 0 Å². The van der Waals surface area contributed by atoms with Crippen molar-refractivity contribution in [3.63, 3.8) is 0 Å². The Hall–Kier alpha value is -0.500. The van der Waals surface area contributed by atoms with Gasteiger partial charge in [0.05, 0.1) is 6.33 Å². The maximum Gasteiger partial charge on any atom is 0.0945 e. The summed E-state index contributed by atoms with van der Waals surface area (Å²) in [5, 5.41) is 0.453. The fourth-order valence-electron chi connectivity index (χ4n) is 2.78. The van der Waals surface area contributed by atoms with E-state index in [-0.39, 0.29) is 0 Å². The second kappa shape index (κ2) is 6.44. The molecule has 1 aromatic heterocycles. The molecule has 2 rings (SSSR count). The zero-order valence-electron chi connectivity index (χ0n) is 10.7. The number of hydrogen-bond donors (Lipinski definition) is 0. The van der Waals surface area contributed by atoms with Crippen molar-refractivity contribution in [3.05, 3.63) is 18.7 Å². The molecule has 1 aliphatic carbocycles. The molecule has 0 N–H and O–H groups in total. The van der Waals surface area contributed by atoms with Gasteiger partial charge in [-0.1, -0.05) is 13.3 Å². The maximum absolute atomic E-state index is 6.13. The molecule has 1 atom stereocenters. The molecule has 1 heterocycles. The highest BCUT2D eigenvalue weighted by atomic mass is 35.5. The maximum atomic E-state index is 6.13. The van der Waals surface area contributed by atoms with Crippen molar-refractivity contribution in [1.82, 2.24) is 9.55 Å². The average Bonchev–Trinajstić information content (AvgIpc) is 2.81. The third kappa shape index (κ3) is 4.34. The molecule has 0 saturated heterocycles. The Morgan fingerprint density at radius 2 is 2.12 bits per heavy atom. The summed E-state index contributed by atoms with van der Waals surface area (Å²) >= 11 is 6.13. The predicted molar refractivity (Wildman–Crippen MR) is 72.2 cm³/mol. The number of aromatic nitrogens is 2. The van der Waals surface area contributed by atoms with Crippen molar-refractivity contribution in [1.29, 1.82) is 0 Å². The third-order valence-electron chi connectivity index (χ3n) is 3.93. The third-order valence-corrected chi connectivity index (χ3v) is 4.36. The molecule has 17 heavy (non-hydrogen) atoms. The van der Waals surface area contributed by atoms with Gasteiger partial charge >= 0.3 is 0 Å². The number of hydrogen-bond acceptors (Lipinski definition) is 1. The number of alkyl halides is 1. The highest BCUT2D eigenvalue weighted by Gasteiger charge is 2.19. The first-order valence-electron chi connectivity index (χ1n) is 6.84. The highest BCUT2D eigenvalue weighted by molar-refractivity contribution is 6.20. The van der Waals surface area contributed by atoms with Crippen molar-refractivity contribution < 1.29 is 0 Å². The summed E-state index contributed by atoms with van der Waals surface area (Å²) in [6, 6.07) is 0. The summed E-state index contributed by atoms with van der Waals surface area (Å²) in [4.78, 5) is 4.08. The van der Waals surface area contributed by atoms with Gasteiger partial charge in [-0.05, 0) is 43.9 Å². The van der Waals surface area contributed by atoms with Crippen LogP contribution in [0.25, 0.3) is 0 Å². The van der Waals surface area contributed by atoms with Gasteiger partial charge in [-0.15, -0.1) is 11.6 Å². The molecule has 0 amide bonds. The minimum Gasteiger partial charge on any atom is -0.337 e. The zero-order chi connectivity index (χ0) is 12.1. The van der Waals surface area contributed by atoms with Crippen LogP contribution in [0, 0.1) is 11.8 Å². The summed E-state index contributed by atoms with van der Waals surface area (Å²) in [6.45, 7) is 3.44. The van der Waals surface area contributed by atoms with Crippen LogP contribution in [0.3, 0.4) is 0 Å². The molecule has 0 aliphatic heterocycles. The van der Waals surface area contributed by atoms with Crippen LogP contribution in [-0.4, -0.2) is 14.9 Å². The molecule has 0 aromatic carbocycles. The quantitative estimate of drug-likeness (QED) is 0.724. The number of halogens is 1. The summed E-state index contributed by atoms with van der Waals surface area (Å²) in [5.41, 5.74) is 0. The van der Waals surface area contributed by atoms with E-state index in [1.165, 1.54) is 38.5 Å². The molecule has 3 heteroatoms. The van der Waals surface area contributed by atoms with E-state index in [4.69, 9.17) is 11.6 Å². The van der Waals surface area contributed by atoms with Crippen molar-refractivity contribution in [2.45, 2.75) is 57.4 Å². The van der Waals surface area contributed by atoms with Crippen molar-refractivity contribution >= 4 is 11.6 Å². The van der Waals surface area contributed by atoms with E-state index >= 15 is 0 Å². The van der Waals surface area contributed by atoms with Crippen LogP contribution in [0.5, 0.6) is 0 Å². The van der Waals surface area contributed by atoms with Gasteiger partial charge in [-0.25, -0.2) is 4.98 Å². The standard InChI is InChI=1S/C14H23ClN2/c1-12(10-17-9-8-16-11-17)2-3-13-4-6-14(15)7-5-13/h8-9,11-14H,2-7,10H2,1H3. The van der Waals surface area contributed by atoms with Crippen LogP contribution in [-0.2, 0) is 6.54 Å². The van der Waals surface area contributed by atoms with Gasteiger partial charge in [0.25, 0.3) is 0 Å². The lowest BCUT2D eigenvalue weighted by atomic mass is 9.84. The van der Waals surface area contributed by atoms with Crippen molar-refractivity contribution in [2.24, 2.45) is 11.8 Å². The minimum absolute atomic E-state index is 0.453. The molecule has 0 radical (unpaired) electrons. The van der Waals surface area contributed by atoms with E-state index < -0.39 is 0 Å². The first kappa shape index (κ1) is 12.9. The Morgan fingerprint density at radius 1 is 1.35 bits per heavy atom. The predicted octanol–water partition coefficient (Wildman–Crippen LogP) is 4.10. The van der Waals surface area contributed by atoms with Gasteiger partial charge < -0.3 is 4.57 Å². The second-order valence-corrected chi connectivity index (χ2v) is 6.18. The summed E-state index contributed by atoms with van der Waals surface area (Å²) < 4.78 is 2.18. The normalized spacial score (nSPS) is 26.9. The van der Waals surface area contributed by atoms with Gasteiger partial charge in [0.1, 0.15) is 0 Å². The molecule has 1 unspecified atom stereocenters. The molecule has 1 saturated carbocycles. The van der Waals surface area contributed by atoms with Crippen LogP contribution >= 0.6 is 11.6 Å². The van der Waals surface area contributed by atoms with E-state index in [1.54, 1.807) is 0 Å². The van der Waals surface area contributed by atoms with Crippen molar-refractivity contribution in [2.75, 3.05) is 0 Å². The average molecular weight is 255 g/mol. The lowest BCUT2D eigenvalue weighted by Crippen LogP contribution is -2.16. The van der Waals surface area contributed by atoms with Crippen LogP contribution in [0.1, 0.15) is 45.4 Å². The molecule has 1 aromatic rings. The Morgan fingerprint density at radius 3 is 2.76 bits per heavy atom. The first-order valence-corrected chi connectivity index (χ1v) is 7.27. The minimum atomic E-state index is 0.453. The molecular formula is C14H23ClN2. The first-order chi connectivity index (χ1) is 8.24. The monoisotopic (exact) mass is 254 g/mol. The zero-order valence-corrected chi connectivity index (χ0v) is 11.4. The lowest BCUT2D eigenvalue weighted by molar-refractivity contribution is 0.306. The Balaban J connectivity index is 1.64. The molecule has 0 spiro atoms. The van der Waals surface area contributed by atoms with Crippen molar-refractivity contribution in [3.8, 4) is 0 Å². The highest BCUT2D eigenvalue weighted by Crippen LogP contribution is 2.31. The Kier molecular flexibility index (Phi) is 4.90. The molecule has 96 valence electrons. The van der Waals surface area contributed by atoms with Crippen LogP contribution in [0.2, 0.25) is 0 Å². The molecule has 2 nitrogen and oxygen atoms in total. The van der Waals surface area contributed by atoms with Gasteiger partial charge in [0.2, 0.25) is 0 Å². The SMILES string of the molecule is CC(CCC1CCC(Cl)CC1)Cn1ccnc1. The smallest absolute Gasteiger partial charge is 0.0945 e. The van der Waals surface area contributed by atoms with Crippen LogP contribution in [0.15, 0.2) is 18.7 Å². The topological polar surface area (TPSA) is 17.8 Å². The number of nitrogens with zero attached hydrogens (tertiary/aromatic N) is 2. The summed E-state index contributed by atoms with van der Waals surface area (Å²) in [6.07, 6.45) is 13.6. The van der Waals surface area contributed by atoms with E-state index in [1.807, 2.05) is 12.5 Å². The fraction of sp³-hybridized carbons (Fsp3) is 0.786. The van der Waals surface area contributed by atoms with Gasteiger partial charge in [0.15, 0.2) is 0 Å². The fourth-order valence-corrected chi connectivity index (χ4v) is 3.03. The van der Waals surface area contributed by atoms with E-state index in [9.17, 15) is 0 Å². The van der Waals surface area contributed by atoms with Crippen LogP contribution in [0.4, 0.5) is 0 Å². The van der Waals surface area contributed by atoms with E-state index in [0.717, 1.165) is 18.4 Å². The molecular weight excluding hydrogens is 232 g/mol. The Bertz CT molecular complexity index is 302. The number of rotatable bonds is 5. The van der Waals surface area contributed by atoms with Gasteiger partial charge in [0, 0.05) is 24.3 Å². The summed E-state index contributed by atoms with van der Waals surface area (Å²) in [5.74, 6) is 1.67. The van der Waals surface area contributed by atoms with E-state index in [0.29, 0.717) is 5.38 Å². The Labute approximate surface area is 109 Å². The van der Waals surface area contributed by atoms with E-state index in [2.05, 4.69) is 22.7 Å². The van der Waals surface area contributed by atoms with Gasteiger partial charge in [-0.2, -0.15) is 0 Å². The second-order valence-electron chi connectivity index (χ2n) is 5.56. The lowest BCUT2D eigenvalue weighted by Gasteiger charge is -2.25. The molecule has 1 aliphatic rings. The molecule has 0 bridgehead atoms.